The first-order valence-corrected chi connectivity index (χ1v) is 3.47. The Morgan fingerprint density at radius 3 is 2.50 bits per heavy atom. The summed E-state index contributed by atoms with van der Waals surface area (Å²) in [5.74, 6) is -0.430. The number of nitrogens with zero attached hydrogens (tertiary/aromatic N) is 1. The van der Waals surface area contributed by atoms with Crippen LogP contribution in [0.3, 0.4) is 0 Å². The molecule has 1 rings (SSSR count). The van der Waals surface area contributed by atoms with Crippen molar-refractivity contribution in [1.82, 2.24) is 4.98 Å². The van der Waals surface area contributed by atoms with Gasteiger partial charge in [-0.3, -0.25) is 0 Å². The van der Waals surface area contributed by atoms with Crippen molar-refractivity contribution in [2.24, 2.45) is 0 Å². The fourth-order valence-electron chi connectivity index (χ4n) is 0.395. The summed E-state index contributed by atoms with van der Waals surface area (Å²) < 4.78 is 24.1. The second kappa shape index (κ2) is 2.32. The van der Waals surface area contributed by atoms with Crippen LogP contribution < -0.4 is 0 Å². The second-order valence-electron chi connectivity index (χ2n) is 1.51. The lowest BCUT2D eigenvalue weighted by Gasteiger charge is -1.99. The van der Waals surface area contributed by atoms with Gasteiger partial charge in [-0.1, -0.05) is 0 Å². The first kappa shape index (κ1) is 7.68. The summed E-state index contributed by atoms with van der Waals surface area (Å²) in [5, 5.41) is 5.55. The molecule has 0 atom stereocenters. The van der Waals surface area contributed by atoms with Crippen molar-refractivity contribution in [2.45, 2.75) is 5.38 Å². The Hall–Kier alpha value is -0.420. The number of aromatic nitrogens is 1. The average Bonchev–Trinajstić information content (AvgIpc) is 2.11. The topological polar surface area (TPSA) is 33.1 Å². The van der Waals surface area contributed by atoms with Crippen LogP contribution in [0.5, 0.6) is 5.88 Å². The van der Waals surface area contributed by atoms with Crippen molar-refractivity contribution in [3.8, 4) is 5.88 Å². The van der Waals surface area contributed by atoms with Crippen molar-refractivity contribution in [2.75, 3.05) is 0 Å². The van der Waals surface area contributed by atoms with Crippen LogP contribution in [0.25, 0.3) is 0 Å². The summed E-state index contributed by atoms with van der Waals surface area (Å²) in [6.07, 6.45) is 0. The largest absolute Gasteiger partial charge is 0.493 e. The Morgan fingerprint density at radius 2 is 2.30 bits per heavy atom. The molecule has 0 unspecified atom stereocenters. The van der Waals surface area contributed by atoms with Gasteiger partial charge < -0.3 is 5.11 Å². The van der Waals surface area contributed by atoms with Crippen molar-refractivity contribution >= 4 is 22.9 Å². The zero-order valence-corrected chi connectivity index (χ0v) is 6.09. The first-order valence-electron chi connectivity index (χ1n) is 2.22. The smallest absolute Gasteiger partial charge is 0.374 e. The average molecular weight is 186 g/mol. The number of alkyl halides is 3. The highest BCUT2D eigenvalue weighted by molar-refractivity contribution is 7.10. The van der Waals surface area contributed by atoms with Gasteiger partial charge in [-0.15, -0.1) is 11.3 Å². The van der Waals surface area contributed by atoms with Gasteiger partial charge in [0.15, 0.2) is 5.01 Å². The highest BCUT2D eigenvalue weighted by atomic mass is 35.5. The van der Waals surface area contributed by atoms with E-state index in [0.29, 0.717) is 11.3 Å². The molecule has 0 aliphatic carbocycles. The van der Waals surface area contributed by atoms with E-state index in [1.165, 1.54) is 0 Å². The lowest BCUT2D eigenvalue weighted by Crippen LogP contribution is -2.01. The molecule has 0 spiro atoms. The fraction of sp³-hybridized carbons (Fsp3) is 0.250. The number of halogens is 3. The molecule has 56 valence electrons. The number of hydrogen-bond acceptors (Lipinski definition) is 3. The molecule has 0 bridgehead atoms. The molecule has 1 aromatic rings. The van der Waals surface area contributed by atoms with Gasteiger partial charge in [0.05, 0.1) is 5.38 Å². The van der Waals surface area contributed by atoms with Crippen molar-refractivity contribution in [3.05, 3.63) is 10.4 Å². The molecule has 1 N–H and O–H groups in total. The third-order valence-electron chi connectivity index (χ3n) is 0.735. The van der Waals surface area contributed by atoms with E-state index in [0.717, 1.165) is 5.38 Å². The third kappa shape index (κ3) is 1.54. The predicted octanol–water partition coefficient (Wildman–Crippen LogP) is 2.14. The summed E-state index contributed by atoms with van der Waals surface area (Å²) in [4.78, 5) is 3.07. The molecule has 10 heavy (non-hydrogen) atoms. The van der Waals surface area contributed by atoms with Crippen LogP contribution in [0.2, 0.25) is 0 Å². The van der Waals surface area contributed by atoms with E-state index < -0.39 is 16.3 Å². The van der Waals surface area contributed by atoms with Crippen molar-refractivity contribution < 1.29 is 13.9 Å². The van der Waals surface area contributed by atoms with E-state index in [9.17, 15) is 8.78 Å². The number of hydrogen-bond donors (Lipinski definition) is 1. The van der Waals surface area contributed by atoms with Gasteiger partial charge in [-0.05, 0) is 11.6 Å². The molecule has 6 heteroatoms. The van der Waals surface area contributed by atoms with E-state index in [1.807, 2.05) is 0 Å². The van der Waals surface area contributed by atoms with Gasteiger partial charge in [-0.2, -0.15) is 13.8 Å². The zero-order valence-electron chi connectivity index (χ0n) is 4.51. The van der Waals surface area contributed by atoms with Crippen LogP contribution >= 0.6 is 22.9 Å². The summed E-state index contributed by atoms with van der Waals surface area (Å²) >= 11 is 5.19. The molecule has 0 saturated heterocycles. The standard InChI is InChI=1S/C4H2ClF2NOS/c5-4(6,7)3-8-2(9)1-10-3/h1,9H. The summed E-state index contributed by atoms with van der Waals surface area (Å²) in [7, 11) is 0. The minimum Gasteiger partial charge on any atom is -0.493 e. The third-order valence-corrected chi connectivity index (χ3v) is 1.93. The van der Waals surface area contributed by atoms with Gasteiger partial charge in [0.2, 0.25) is 5.88 Å². The summed E-state index contributed by atoms with van der Waals surface area (Å²) in [5.41, 5.74) is 0. The van der Waals surface area contributed by atoms with Crippen LogP contribution in [0.1, 0.15) is 5.01 Å². The molecule has 0 aliphatic heterocycles. The normalized spacial score (nSPS) is 11.9. The monoisotopic (exact) mass is 185 g/mol. The Balaban J connectivity index is 2.96. The zero-order chi connectivity index (χ0) is 7.78. The highest BCUT2D eigenvalue weighted by Gasteiger charge is 2.31. The van der Waals surface area contributed by atoms with Crippen LogP contribution in [0, 0.1) is 0 Å². The minimum absolute atomic E-state index is 0.430. The Morgan fingerprint density at radius 1 is 1.70 bits per heavy atom. The van der Waals surface area contributed by atoms with E-state index in [2.05, 4.69) is 16.6 Å². The van der Waals surface area contributed by atoms with Crippen LogP contribution in [-0.4, -0.2) is 10.1 Å². The molecular weight excluding hydrogens is 184 g/mol. The van der Waals surface area contributed by atoms with E-state index >= 15 is 0 Å². The van der Waals surface area contributed by atoms with Crippen molar-refractivity contribution in [1.29, 1.82) is 0 Å². The molecule has 0 fully saturated rings. The van der Waals surface area contributed by atoms with Crippen LogP contribution in [0.4, 0.5) is 8.78 Å². The van der Waals surface area contributed by atoms with Gasteiger partial charge in [0.1, 0.15) is 0 Å². The maximum absolute atomic E-state index is 12.1. The number of aromatic hydroxyl groups is 1. The van der Waals surface area contributed by atoms with Crippen LogP contribution in [-0.2, 0) is 5.38 Å². The lowest BCUT2D eigenvalue weighted by atomic mass is 10.7. The molecule has 0 amide bonds. The van der Waals surface area contributed by atoms with E-state index in [-0.39, 0.29) is 0 Å². The lowest BCUT2D eigenvalue weighted by molar-refractivity contribution is 0.0942. The highest BCUT2D eigenvalue weighted by Crippen LogP contribution is 2.35. The maximum atomic E-state index is 12.1. The van der Waals surface area contributed by atoms with Gasteiger partial charge in [0.25, 0.3) is 0 Å². The molecular formula is C4H2ClF2NOS. The molecule has 1 aromatic heterocycles. The molecule has 0 aromatic carbocycles. The summed E-state index contributed by atoms with van der Waals surface area (Å²) in [6.45, 7) is 0. The molecule has 1 heterocycles. The Kier molecular flexibility index (Phi) is 1.78. The molecule has 0 radical (unpaired) electrons. The first-order chi connectivity index (χ1) is 4.50. The van der Waals surface area contributed by atoms with E-state index in [4.69, 9.17) is 5.11 Å². The molecule has 0 saturated carbocycles. The fourth-order valence-corrected chi connectivity index (χ4v) is 1.12. The second-order valence-corrected chi connectivity index (χ2v) is 2.84. The van der Waals surface area contributed by atoms with E-state index in [1.54, 1.807) is 0 Å². The maximum Gasteiger partial charge on any atom is 0.374 e. The van der Waals surface area contributed by atoms with Crippen molar-refractivity contribution in [3.63, 3.8) is 0 Å². The Labute approximate surface area is 64.1 Å². The predicted molar refractivity (Wildman–Crippen MR) is 33.5 cm³/mol. The molecule has 2 nitrogen and oxygen atoms in total. The van der Waals surface area contributed by atoms with Gasteiger partial charge in [0, 0.05) is 0 Å². The Bertz CT molecular complexity index is 233. The minimum atomic E-state index is -3.47. The van der Waals surface area contributed by atoms with Gasteiger partial charge >= 0.3 is 5.38 Å². The molecule has 0 aliphatic rings. The number of rotatable bonds is 1. The quantitative estimate of drug-likeness (QED) is 0.680. The van der Waals surface area contributed by atoms with Gasteiger partial charge in [-0.25, -0.2) is 0 Å². The van der Waals surface area contributed by atoms with Crippen LogP contribution in [0.15, 0.2) is 5.38 Å². The summed E-state index contributed by atoms with van der Waals surface area (Å²) in [6, 6.07) is 0. The number of thiazole rings is 1. The SMILES string of the molecule is Oc1csc(C(F)(F)Cl)n1.